The monoisotopic (exact) mass is 385 g/mol. The number of rotatable bonds is 4. The van der Waals surface area contributed by atoms with Crippen LogP contribution in [0.15, 0.2) is 54.6 Å². The second-order valence-corrected chi connectivity index (χ2v) is 6.26. The predicted octanol–water partition coefficient (Wildman–Crippen LogP) is 4.09. The van der Waals surface area contributed by atoms with Crippen LogP contribution in [0.1, 0.15) is 17.3 Å². The number of esters is 1. The van der Waals surface area contributed by atoms with Gasteiger partial charge in [-0.3, -0.25) is 4.79 Å². The Morgan fingerprint density at radius 2 is 1.67 bits per heavy atom. The maximum Gasteiger partial charge on any atom is 0.342 e. The van der Waals surface area contributed by atoms with Crippen LogP contribution in [-0.2, 0) is 9.53 Å². The summed E-state index contributed by atoms with van der Waals surface area (Å²) in [5, 5.41) is 24.0. The minimum absolute atomic E-state index is 0.177. The summed E-state index contributed by atoms with van der Waals surface area (Å²) in [6.07, 6.45) is -1.15. The molecule has 3 N–H and O–H groups in total. The molecule has 27 heavy (non-hydrogen) atoms. The summed E-state index contributed by atoms with van der Waals surface area (Å²) in [5.41, 5.74) is 0.154. The summed E-state index contributed by atoms with van der Waals surface area (Å²) in [5.74, 6) is -2.02. The zero-order valence-electron chi connectivity index (χ0n) is 14.3. The van der Waals surface area contributed by atoms with Gasteiger partial charge in [0.15, 0.2) is 6.10 Å². The van der Waals surface area contributed by atoms with Crippen LogP contribution < -0.4 is 5.32 Å². The van der Waals surface area contributed by atoms with Gasteiger partial charge in [0.25, 0.3) is 5.91 Å². The molecule has 3 rings (SSSR count). The van der Waals surface area contributed by atoms with Crippen molar-refractivity contribution < 1.29 is 24.5 Å². The Balaban J connectivity index is 1.79. The minimum atomic E-state index is -1.15. The Hall–Kier alpha value is -3.25. The third kappa shape index (κ3) is 3.80. The lowest BCUT2D eigenvalue weighted by Gasteiger charge is -2.15. The Morgan fingerprint density at radius 3 is 2.37 bits per heavy atom. The van der Waals surface area contributed by atoms with E-state index in [1.807, 2.05) is 0 Å². The van der Waals surface area contributed by atoms with Gasteiger partial charge in [-0.1, -0.05) is 48.0 Å². The molecule has 0 spiro atoms. The van der Waals surface area contributed by atoms with Crippen molar-refractivity contribution in [2.45, 2.75) is 13.0 Å². The number of aromatic hydroxyl groups is 2. The van der Waals surface area contributed by atoms with Crippen LogP contribution >= 0.6 is 11.6 Å². The van der Waals surface area contributed by atoms with E-state index in [1.54, 1.807) is 48.5 Å². The van der Waals surface area contributed by atoms with E-state index in [9.17, 15) is 19.8 Å². The summed E-state index contributed by atoms with van der Waals surface area (Å²) in [6.45, 7) is 1.39. The maximum absolute atomic E-state index is 12.4. The fourth-order valence-corrected chi connectivity index (χ4v) is 2.75. The SMILES string of the molecule is C[C@H](OC(=O)c1cc(O)c2ccccc2c1O)C(=O)Nc1ccccc1Cl. The van der Waals surface area contributed by atoms with Crippen LogP contribution in [0.5, 0.6) is 11.5 Å². The number of carbonyl (C=O) groups excluding carboxylic acids is 2. The number of phenols is 2. The Kier molecular flexibility index (Phi) is 5.19. The quantitative estimate of drug-likeness (QED) is 0.464. The lowest BCUT2D eigenvalue weighted by molar-refractivity contribution is -0.123. The highest BCUT2D eigenvalue weighted by Crippen LogP contribution is 2.35. The highest BCUT2D eigenvalue weighted by atomic mass is 35.5. The third-order valence-corrected chi connectivity index (χ3v) is 4.33. The number of ether oxygens (including phenoxy) is 1. The van der Waals surface area contributed by atoms with Gasteiger partial charge in [-0.2, -0.15) is 0 Å². The maximum atomic E-state index is 12.4. The van der Waals surface area contributed by atoms with Gasteiger partial charge in [0, 0.05) is 10.8 Å². The van der Waals surface area contributed by atoms with Crippen LogP contribution in [0, 0.1) is 0 Å². The van der Waals surface area contributed by atoms with Crippen LogP contribution in [-0.4, -0.2) is 28.2 Å². The van der Waals surface area contributed by atoms with Crippen molar-refractivity contribution in [1.29, 1.82) is 0 Å². The molecule has 0 aliphatic carbocycles. The lowest BCUT2D eigenvalue weighted by Crippen LogP contribution is -2.30. The number of anilines is 1. The third-order valence-electron chi connectivity index (χ3n) is 4.00. The number of halogens is 1. The summed E-state index contributed by atoms with van der Waals surface area (Å²) in [7, 11) is 0. The molecule has 138 valence electrons. The standard InChI is InChI=1S/C20H16ClNO5/c1-11(19(25)22-16-9-5-4-8-15(16)21)27-20(26)14-10-17(23)12-6-2-3-7-13(12)18(14)24/h2-11,23-24H,1H3,(H,22,25)/t11-/m0/s1. The molecule has 0 heterocycles. The first kappa shape index (κ1) is 18.5. The number of benzene rings is 3. The van der Waals surface area contributed by atoms with E-state index >= 15 is 0 Å². The van der Waals surface area contributed by atoms with Gasteiger partial charge in [0.1, 0.15) is 17.1 Å². The number of para-hydroxylation sites is 1. The van der Waals surface area contributed by atoms with E-state index in [2.05, 4.69) is 5.32 Å². The Bertz CT molecular complexity index is 1030. The molecule has 0 radical (unpaired) electrons. The van der Waals surface area contributed by atoms with Gasteiger partial charge in [-0.15, -0.1) is 0 Å². The van der Waals surface area contributed by atoms with Gasteiger partial charge in [-0.25, -0.2) is 4.79 Å². The Morgan fingerprint density at radius 1 is 1.04 bits per heavy atom. The molecule has 0 saturated heterocycles. The number of phenolic OH excluding ortho intramolecular Hbond substituents is 2. The van der Waals surface area contributed by atoms with E-state index in [0.717, 1.165) is 6.07 Å². The van der Waals surface area contributed by atoms with Crippen LogP contribution in [0.2, 0.25) is 5.02 Å². The van der Waals surface area contributed by atoms with Gasteiger partial charge in [-0.05, 0) is 25.1 Å². The van der Waals surface area contributed by atoms with Crippen molar-refractivity contribution in [1.82, 2.24) is 0 Å². The average molecular weight is 386 g/mol. The predicted molar refractivity (Wildman–Crippen MR) is 102 cm³/mol. The largest absolute Gasteiger partial charge is 0.507 e. The van der Waals surface area contributed by atoms with Crippen molar-refractivity contribution in [3.05, 3.63) is 65.2 Å². The zero-order chi connectivity index (χ0) is 19.6. The second-order valence-electron chi connectivity index (χ2n) is 5.85. The first-order valence-electron chi connectivity index (χ1n) is 8.08. The fourth-order valence-electron chi connectivity index (χ4n) is 2.57. The van der Waals surface area contributed by atoms with Crippen molar-refractivity contribution in [2.75, 3.05) is 5.32 Å². The van der Waals surface area contributed by atoms with Crippen LogP contribution in [0.3, 0.4) is 0 Å². The summed E-state index contributed by atoms with van der Waals surface area (Å²) in [4.78, 5) is 24.6. The second kappa shape index (κ2) is 7.55. The molecular weight excluding hydrogens is 370 g/mol. The lowest BCUT2D eigenvalue weighted by atomic mass is 10.0. The van der Waals surface area contributed by atoms with E-state index in [0.29, 0.717) is 21.5 Å². The summed E-state index contributed by atoms with van der Waals surface area (Å²) >= 11 is 5.98. The van der Waals surface area contributed by atoms with Crippen LogP contribution in [0.4, 0.5) is 5.69 Å². The first-order valence-corrected chi connectivity index (χ1v) is 8.46. The molecule has 0 aliphatic heterocycles. The van der Waals surface area contributed by atoms with Gasteiger partial charge in [0.05, 0.1) is 10.7 Å². The topological polar surface area (TPSA) is 95.9 Å². The summed E-state index contributed by atoms with van der Waals surface area (Å²) in [6, 6.07) is 14.3. The molecule has 0 saturated carbocycles. The molecule has 0 fully saturated rings. The van der Waals surface area contributed by atoms with Crippen molar-refractivity contribution >= 4 is 39.9 Å². The van der Waals surface area contributed by atoms with Gasteiger partial charge in [0.2, 0.25) is 0 Å². The highest BCUT2D eigenvalue weighted by Gasteiger charge is 2.23. The molecule has 3 aromatic carbocycles. The Labute approximate surface area is 160 Å². The molecule has 0 bridgehead atoms. The highest BCUT2D eigenvalue weighted by molar-refractivity contribution is 6.33. The van der Waals surface area contributed by atoms with E-state index < -0.39 is 18.0 Å². The van der Waals surface area contributed by atoms with Crippen molar-refractivity contribution in [2.24, 2.45) is 0 Å². The van der Waals surface area contributed by atoms with Crippen molar-refractivity contribution in [3.63, 3.8) is 0 Å². The number of fused-ring (bicyclic) bond motifs is 1. The minimum Gasteiger partial charge on any atom is -0.507 e. The molecule has 1 amide bonds. The normalized spacial score (nSPS) is 11.8. The fraction of sp³-hybridized carbons (Fsp3) is 0.100. The summed E-state index contributed by atoms with van der Waals surface area (Å²) < 4.78 is 5.13. The van der Waals surface area contributed by atoms with Gasteiger partial charge < -0.3 is 20.3 Å². The van der Waals surface area contributed by atoms with Gasteiger partial charge >= 0.3 is 5.97 Å². The van der Waals surface area contributed by atoms with E-state index in [4.69, 9.17) is 16.3 Å². The number of carbonyl (C=O) groups is 2. The number of nitrogens with one attached hydrogen (secondary N) is 1. The molecule has 6 nitrogen and oxygen atoms in total. The molecular formula is C20H16ClNO5. The number of hydrogen-bond acceptors (Lipinski definition) is 5. The first-order chi connectivity index (χ1) is 12.9. The molecule has 0 aromatic heterocycles. The zero-order valence-corrected chi connectivity index (χ0v) is 15.0. The van der Waals surface area contributed by atoms with E-state index in [-0.39, 0.29) is 17.1 Å². The molecule has 0 aliphatic rings. The molecule has 7 heteroatoms. The smallest absolute Gasteiger partial charge is 0.342 e. The molecule has 3 aromatic rings. The molecule has 1 atom stereocenters. The van der Waals surface area contributed by atoms with Crippen molar-refractivity contribution in [3.8, 4) is 11.5 Å². The molecule has 0 unspecified atom stereocenters. The van der Waals surface area contributed by atoms with Crippen LogP contribution in [0.25, 0.3) is 10.8 Å². The van der Waals surface area contributed by atoms with E-state index in [1.165, 1.54) is 6.92 Å². The number of amides is 1. The average Bonchev–Trinajstić information content (AvgIpc) is 2.66. The number of hydrogen-bond donors (Lipinski definition) is 3.